The monoisotopic (exact) mass is 368 g/mol. The van der Waals surface area contributed by atoms with Crippen LogP contribution in [0.4, 0.5) is 5.69 Å². The number of benzene rings is 2. The van der Waals surface area contributed by atoms with E-state index in [0.717, 1.165) is 38.4 Å². The Labute approximate surface area is 156 Å². The van der Waals surface area contributed by atoms with Crippen molar-refractivity contribution in [3.05, 3.63) is 75.3 Å². The van der Waals surface area contributed by atoms with E-state index >= 15 is 0 Å². The highest BCUT2D eigenvalue weighted by Gasteiger charge is 2.11. The Morgan fingerprint density at radius 2 is 1.81 bits per heavy atom. The van der Waals surface area contributed by atoms with Gasteiger partial charge in [-0.15, -0.1) is 0 Å². The molecule has 0 unspecified atom stereocenters. The molecule has 140 valence electrons. The number of nitrogens with one attached hydrogen (secondary N) is 1. The maximum Gasteiger partial charge on any atom is 0.271 e. The van der Waals surface area contributed by atoms with Crippen LogP contribution in [0.15, 0.2) is 53.6 Å². The number of rotatable bonds is 6. The van der Waals surface area contributed by atoms with Gasteiger partial charge in [0.05, 0.1) is 24.4 Å². The minimum Gasteiger partial charge on any atom is -0.379 e. The van der Waals surface area contributed by atoms with Crippen LogP contribution in [0.5, 0.6) is 0 Å². The molecule has 3 rings (SSSR count). The molecule has 1 N–H and O–H groups in total. The number of amides is 1. The van der Waals surface area contributed by atoms with E-state index in [2.05, 4.69) is 15.4 Å². The van der Waals surface area contributed by atoms with Crippen LogP contribution in [0.3, 0.4) is 0 Å². The molecule has 0 aromatic heterocycles. The highest BCUT2D eigenvalue weighted by Crippen LogP contribution is 2.11. The van der Waals surface area contributed by atoms with Gasteiger partial charge in [0.15, 0.2) is 0 Å². The number of hydrogen-bond donors (Lipinski definition) is 1. The summed E-state index contributed by atoms with van der Waals surface area (Å²) >= 11 is 0. The average molecular weight is 368 g/mol. The summed E-state index contributed by atoms with van der Waals surface area (Å²) in [5.74, 6) is -0.314. The molecule has 0 spiro atoms. The van der Waals surface area contributed by atoms with E-state index in [9.17, 15) is 14.9 Å². The minimum atomic E-state index is -0.467. The molecule has 1 amide bonds. The molecule has 0 atom stereocenters. The van der Waals surface area contributed by atoms with E-state index in [4.69, 9.17) is 4.74 Å². The molecular weight excluding hydrogens is 348 g/mol. The Morgan fingerprint density at radius 1 is 1.15 bits per heavy atom. The van der Waals surface area contributed by atoms with E-state index in [1.54, 1.807) is 24.3 Å². The molecule has 1 fully saturated rings. The molecule has 0 aliphatic carbocycles. The molecule has 8 heteroatoms. The number of nitro benzene ring substituents is 1. The van der Waals surface area contributed by atoms with Crippen molar-refractivity contribution in [1.82, 2.24) is 10.3 Å². The van der Waals surface area contributed by atoms with Crippen molar-refractivity contribution in [3.8, 4) is 0 Å². The first-order chi connectivity index (χ1) is 13.1. The van der Waals surface area contributed by atoms with Crippen molar-refractivity contribution in [2.75, 3.05) is 26.3 Å². The summed E-state index contributed by atoms with van der Waals surface area (Å²) in [5.41, 5.74) is 4.77. The molecule has 1 saturated heterocycles. The Morgan fingerprint density at radius 3 is 2.44 bits per heavy atom. The number of ether oxygens (including phenoxy) is 1. The second-order valence-corrected chi connectivity index (χ2v) is 6.13. The zero-order chi connectivity index (χ0) is 19.1. The van der Waals surface area contributed by atoms with Gasteiger partial charge >= 0.3 is 0 Å². The number of hydrazone groups is 1. The van der Waals surface area contributed by atoms with Gasteiger partial charge in [-0.1, -0.05) is 12.1 Å². The molecule has 8 nitrogen and oxygen atoms in total. The maximum atomic E-state index is 12.1. The lowest BCUT2D eigenvalue weighted by Crippen LogP contribution is -2.35. The second kappa shape index (κ2) is 9.02. The molecule has 27 heavy (non-hydrogen) atoms. The number of hydrogen-bond acceptors (Lipinski definition) is 6. The molecule has 1 aliphatic rings. The highest BCUT2D eigenvalue weighted by atomic mass is 16.6. The van der Waals surface area contributed by atoms with Crippen molar-refractivity contribution >= 4 is 17.8 Å². The SMILES string of the molecule is O=C(N/N=C\c1ccc([N+](=O)[O-])cc1)c1ccc(CN2CCOCC2)cc1. The predicted molar refractivity (Wildman–Crippen MR) is 101 cm³/mol. The van der Waals surface area contributed by atoms with Crippen LogP contribution in [0.1, 0.15) is 21.5 Å². The van der Waals surface area contributed by atoms with Crippen LogP contribution in [0, 0.1) is 10.1 Å². The Balaban J connectivity index is 1.52. The Hall–Kier alpha value is -3.10. The second-order valence-electron chi connectivity index (χ2n) is 6.13. The van der Waals surface area contributed by atoms with E-state index < -0.39 is 4.92 Å². The van der Waals surface area contributed by atoms with Crippen LogP contribution in [-0.2, 0) is 11.3 Å². The van der Waals surface area contributed by atoms with Crippen LogP contribution in [0.25, 0.3) is 0 Å². The van der Waals surface area contributed by atoms with Crippen molar-refractivity contribution in [2.45, 2.75) is 6.54 Å². The predicted octanol–water partition coefficient (Wildman–Crippen LogP) is 2.19. The normalized spacial score (nSPS) is 15.0. The number of morpholine rings is 1. The quantitative estimate of drug-likeness (QED) is 0.479. The summed E-state index contributed by atoms with van der Waals surface area (Å²) < 4.78 is 5.34. The summed E-state index contributed by atoms with van der Waals surface area (Å²) in [7, 11) is 0. The average Bonchev–Trinajstić information content (AvgIpc) is 2.69. The van der Waals surface area contributed by atoms with Gasteiger partial charge in [0.25, 0.3) is 11.6 Å². The van der Waals surface area contributed by atoms with Crippen LogP contribution >= 0.6 is 0 Å². The third-order valence-corrected chi connectivity index (χ3v) is 4.21. The molecule has 0 radical (unpaired) electrons. The van der Waals surface area contributed by atoms with Crippen molar-refractivity contribution < 1.29 is 14.5 Å². The fraction of sp³-hybridized carbons (Fsp3) is 0.263. The molecule has 0 saturated carbocycles. The Bertz CT molecular complexity index is 813. The van der Waals surface area contributed by atoms with Gasteiger partial charge in [0.1, 0.15) is 0 Å². The van der Waals surface area contributed by atoms with Gasteiger partial charge in [-0.3, -0.25) is 19.8 Å². The Kier molecular flexibility index (Phi) is 6.24. The number of carbonyl (C=O) groups is 1. The first-order valence-electron chi connectivity index (χ1n) is 8.59. The summed E-state index contributed by atoms with van der Waals surface area (Å²) in [5, 5.41) is 14.5. The molecule has 1 aliphatic heterocycles. The molecule has 0 bridgehead atoms. The van der Waals surface area contributed by atoms with Gasteiger partial charge in [0.2, 0.25) is 0 Å². The molecule has 2 aromatic carbocycles. The van der Waals surface area contributed by atoms with Crippen LogP contribution in [-0.4, -0.2) is 48.2 Å². The molecular formula is C19H20N4O4. The largest absolute Gasteiger partial charge is 0.379 e. The third kappa shape index (κ3) is 5.44. The fourth-order valence-corrected chi connectivity index (χ4v) is 2.69. The van der Waals surface area contributed by atoms with Gasteiger partial charge in [0, 0.05) is 37.3 Å². The molecule has 2 aromatic rings. The molecule has 1 heterocycles. The van der Waals surface area contributed by atoms with E-state index in [1.807, 2.05) is 12.1 Å². The van der Waals surface area contributed by atoms with Crippen LogP contribution < -0.4 is 5.43 Å². The van der Waals surface area contributed by atoms with Crippen molar-refractivity contribution in [1.29, 1.82) is 0 Å². The number of nitrogens with zero attached hydrogens (tertiary/aromatic N) is 3. The number of nitro groups is 1. The maximum absolute atomic E-state index is 12.1. The number of non-ortho nitro benzene ring substituents is 1. The van der Waals surface area contributed by atoms with E-state index in [1.165, 1.54) is 18.3 Å². The van der Waals surface area contributed by atoms with E-state index in [-0.39, 0.29) is 11.6 Å². The van der Waals surface area contributed by atoms with Gasteiger partial charge < -0.3 is 4.74 Å². The van der Waals surface area contributed by atoms with Gasteiger partial charge in [-0.25, -0.2) is 5.43 Å². The van der Waals surface area contributed by atoms with E-state index in [0.29, 0.717) is 11.1 Å². The first-order valence-corrected chi connectivity index (χ1v) is 8.59. The van der Waals surface area contributed by atoms with Gasteiger partial charge in [-0.05, 0) is 35.4 Å². The van der Waals surface area contributed by atoms with Crippen molar-refractivity contribution in [3.63, 3.8) is 0 Å². The van der Waals surface area contributed by atoms with Crippen LogP contribution in [0.2, 0.25) is 0 Å². The third-order valence-electron chi connectivity index (χ3n) is 4.21. The minimum absolute atomic E-state index is 0.00774. The van der Waals surface area contributed by atoms with Gasteiger partial charge in [-0.2, -0.15) is 5.10 Å². The lowest BCUT2D eigenvalue weighted by molar-refractivity contribution is -0.384. The number of carbonyl (C=O) groups excluding carboxylic acids is 1. The lowest BCUT2D eigenvalue weighted by atomic mass is 10.1. The zero-order valence-electron chi connectivity index (χ0n) is 14.7. The standard InChI is InChI=1S/C19H20N4O4/c24-19(21-20-13-15-3-7-18(8-4-15)23(25)26)17-5-1-16(2-6-17)14-22-9-11-27-12-10-22/h1-8,13H,9-12,14H2,(H,21,24)/b20-13-. The highest BCUT2D eigenvalue weighted by molar-refractivity contribution is 5.94. The first kappa shape index (κ1) is 18.7. The zero-order valence-corrected chi connectivity index (χ0v) is 14.7. The summed E-state index contributed by atoms with van der Waals surface area (Å²) in [4.78, 5) is 24.6. The fourth-order valence-electron chi connectivity index (χ4n) is 2.69. The van der Waals surface area contributed by atoms with Crippen molar-refractivity contribution in [2.24, 2.45) is 5.10 Å². The topological polar surface area (TPSA) is 97.1 Å². The summed E-state index contributed by atoms with van der Waals surface area (Å²) in [6.45, 7) is 4.18. The summed E-state index contributed by atoms with van der Waals surface area (Å²) in [6, 6.07) is 13.3. The summed E-state index contributed by atoms with van der Waals surface area (Å²) in [6.07, 6.45) is 1.44. The smallest absolute Gasteiger partial charge is 0.271 e. The lowest BCUT2D eigenvalue weighted by Gasteiger charge is -2.26.